The second kappa shape index (κ2) is 4.52. The SMILES string of the molecule is CC[C@@H](C(N)=O)N1CC(c2nnco2)CC1=O. The lowest BCUT2D eigenvalue weighted by Gasteiger charge is -2.23. The maximum atomic E-state index is 11.8. The van der Waals surface area contributed by atoms with E-state index in [-0.39, 0.29) is 18.2 Å². The van der Waals surface area contributed by atoms with E-state index in [1.165, 1.54) is 11.3 Å². The van der Waals surface area contributed by atoms with Crippen molar-refractivity contribution in [2.24, 2.45) is 5.73 Å². The zero-order valence-corrected chi connectivity index (χ0v) is 9.50. The van der Waals surface area contributed by atoms with E-state index in [1.54, 1.807) is 0 Å². The third kappa shape index (κ3) is 2.13. The summed E-state index contributed by atoms with van der Waals surface area (Å²) in [6.45, 7) is 2.23. The normalized spacial score (nSPS) is 21.8. The second-order valence-corrected chi connectivity index (χ2v) is 4.05. The number of nitrogens with zero attached hydrogens (tertiary/aromatic N) is 3. The molecule has 2 rings (SSSR count). The van der Waals surface area contributed by atoms with Gasteiger partial charge in [-0.3, -0.25) is 9.59 Å². The van der Waals surface area contributed by atoms with E-state index < -0.39 is 11.9 Å². The number of likely N-dealkylation sites (tertiary alicyclic amines) is 1. The molecule has 2 atom stereocenters. The third-order valence-electron chi connectivity index (χ3n) is 2.98. The lowest BCUT2D eigenvalue weighted by atomic mass is 10.1. The molecule has 1 fully saturated rings. The van der Waals surface area contributed by atoms with Crippen LogP contribution in [0.4, 0.5) is 0 Å². The van der Waals surface area contributed by atoms with E-state index in [9.17, 15) is 9.59 Å². The van der Waals surface area contributed by atoms with Crippen LogP contribution in [0.2, 0.25) is 0 Å². The van der Waals surface area contributed by atoms with Crippen LogP contribution in [-0.2, 0) is 9.59 Å². The van der Waals surface area contributed by atoms with Crippen LogP contribution in [0.3, 0.4) is 0 Å². The van der Waals surface area contributed by atoms with E-state index >= 15 is 0 Å². The number of amides is 2. The van der Waals surface area contributed by atoms with Gasteiger partial charge in [0.2, 0.25) is 24.1 Å². The summed E-state index contributed by atoms with van der Waals surface area (Å²) >= 11 is 0. The molecule has 17 heavy (non-hydrogen) atoms. The van der Waals surface area contributed by atoms with Crippen LogP contribution in [0.25, 0.3) is 0 Å². The molecule has 0 saturated carbocycles. The highest BCUT2D eigenvalue weighted by atomic mass is 16.4. The molecule has 2 amide bonds. The molecule has 7 nitrogen and oxygen atoms in total. The van der Waals surface area contributed by atoms with Crippen molar-refractivity contribution >= 4 is 11.8 Å². The molecule has 92 valence electrons. The molecule has 2 heterocycles. The summed E-state index contributed by atoms with van der Waals surface area (Å²) in [4.78, 5) is 24.5. The minimum atomic E-state index is -0.546. The first kappa shape index (κ1) is 11.6. The zero-order valence-electron chi connectivity index (χ0n) is 9.50. The van der Waals surface area contributed by atoms with Crippen molar-refractivity contribution < 1.29 is 14.0 Å². The fourth-order valence-corrected chi connectivity index (χ4v) is 2.13. The van der Waals surface area contributed by atoms with Gasteiger partial charge in [-0.25, -0.2) is 0 Å². The van der Waals surface area contributed by atoms with Gasteiger partial charge in [-0.05, 0) is 6.42 Å². The molecule has 1 aliphatic rings. The second-order valence-electron chi connectivity index (χ2n) is 4.05. The van der Waals surface area contributed by atoms with Crippen molar-refractivity contribution in [3.05, 3.63) is 12.3 Å². The maximum absolute atomic E-state index is 11.8. The fourth-order valence-electron chi connectivity index (χ4n) is 2.13. The molecule has 0 aromatic carbocycles. The van der Waals surface area contributed by atoms with Gasteiger partial charge < -0.3 is 15.1 Å². The zero-order chi connectivity index (χ0) is 12.4. The summed E-state index contributed by atoms with van der Waals surface area (Å²) in [5.41, 5.74) is 5.27. The van der Waals surface area contributed by atoms with Gasteiger partial charge in [-0.1, -0.05) is 6.92 Å². The van der Waals surface area contributed by atoms with Gasteiger partial charge in [0.05, 0.1) is 5.92 Å². The van der Waals surface area contributed by atoms with Gasteiger partial charge in [0.15, 0.2) is 0 Å². The number of primary amides is 1. The minimum absolute atomic E-state index is 0.0983. The molecule has 0 radical (unpaired) electrons. The average molecular weight is 238 g/mol. The van der Waals surface area contributed by atoms with Crippen molar-refractivity contribution in [3.8, 4) is 0 Å². The first-order valence-electron chi connectivity index (χ1n) is 5.48. The van der Waals surface area contributed by atoms with Crippen molar-refractivity contribution in [2.75, 3.05) is 6.54 Å². The predicted octanol–water partition coefficient (Wildman–Crippen LogP) is -0.351. The summed E-state index contributed by atoms with van der Waals surface area (Å²) < 4.78 is 5.07. The van der Waals surface area contributed by atoms with Crippen molar-refractivity contribution in [2.45, 2.75) is 31.7 Å². The fraction of sp³-hybridized carbons (Fsp3) is 0.600. The topological polar surface area (TPSA) is 102 Å². The number of carbonyl (C=O) groups is 2. The first-order valence-corrected chi connectivity index (χ1v) is 5.48. The summed E-state index contributed by atoms with van der Waals surface area (Å²) in [6.07, 6.45) is 2.03. The predicted molar refractivity (Wildman–Crippen MR) is 56.6 cm³/mol. The van der Waals surface area contributed by atoms with Crippen LogP contribution in [-0.4, -0.2) is 39.5 Å². The lowest BCUT2D eigenvalue weighted by molar-refractivity contribution is -0.136. The Balaban J connectivity index is 2.12. The van der Waals surface area contributed by atoms with Gasteiger partial charge in [0, 0.05) is 13.0 Å². The quantitative estimate of drug-likeness (QED) is 0.772. The summed E-state index contributed by atoms with van der Waals surface area (Å²) in [5.74, 6) is -0.288. The Bertz CT molecular complexity index is 417. The number of carbonyl (C=O) groups excluding carboxylic acids is 2. The monoisotopic (exact) mass is 238 g/mol. The highest BCUT2D eigenvalue weighted by molar-refractivity contribution is 5.88. The molecular formula is C10H14N4O3. The van der Waals surface area contributed by atoms with Gasteiger partial charge in [0.1, 0.15) is 6.04 Å². The molecule has 0 spiro atoms. The summed E-state index contributed by atoms with van der Waals surface area (Å²) in [6, 6.07) is -0.546. The maximum Gasteiger partial charge on any atom is 0.240 e. The Morgan fingerprint density at radius 2 is 2.53 bits per heavy atom. The molecule has 1 aromatic heterocycles. The smallest absolute Gasteiger partial charge is 0.240 e. The Morgan fingerprint density at radius 1 is 1.76 bits per heavy atom. The van der Waals surface area contributed by atoms with Crippen LogP contribution in [0.15, 0.2) is 10.8 Å². The van der Waals surface area contributed by atoms with E-state index in [0.717, 1.165) is 0 Å². The van der Waals surface area contributed by atoms with Crippen molar-refractivity contribution in [3.63, 3.8) is 0 Å². The van der Waals surface area contributed by atoms with Crippen LogP contribution in [0.1, 0.15) is 31.6 Å². The highest BCUT2D eigenvalue weighted by Crippen LogP contribution is 2.28. The molecule has 1 aromatic rings. The van der Waals surface area contributed by atoms with E-state index in [1.807, 2.05) is 6.92 Å². The number of rotatable bonds is 4. The van der Waals surface area contributed by atoms with Gasteiger partial charge >= 0.3 is 0 Å². The molecule has 1 saturated heterocycles. The average Bonchev–Trinajstić information content (AvgIpc) is 2.89. The highest BCUT2D eigenvalue weighted by Gasteiger charge is 2.38. The van der Waals surface area contributed by atoms with E-state index in [4.69, 9.17) is 10.2 Å². The van der Waals surface area contributed by atoms with Crippen LogP contribution in [0, 0.1) is 0 Å². The Morgan fingerprint density at radius 3 is 3.06 bits per heavy atom. The standard InChI is InChI=1S/C10H14N4O3/c1-2-7(9(11)16)14-4-6(3-8(14)15)10-13-12-5-17-10/h5-7H,2-4H2,1H3,(H2,11,16)/t6?,7-/m0/s1. The molecule has 2 N–H and O–H groups in total. The Kier molecular flexibility index (Phi) is 3.08. The first-order chi connectivity index (χ1) is 8.13. The Labute approximate surface area is 98.0 Å². The van der Waals surface area contributed by atoms with Crippen LogP contribution in [0.5, 0.6) is 0 Å². The van der Waals surface area contributed by atoms with E-state index in [0.29, 0.717) is 18.9 Å². The minimum Gasteiger partial charge on any atom is -0.428 e. The summed E-state index contributed by atoms with van der Waals surface area (Å²) in [7, 11) is 0. The number of hydrogen-bond donors (Lipinski definition) is 1. The molecular weight excluding hydrogens is 224 g/mol. The molecule has 0 bridgehead atoms. The van der Waals surface area contributed by atoms with Gasteiger partial charge in [0.25, 0.3) is 0 Å². The van der Waals surface area contributed by atoms with Crippen molar-refractivity contribution in [1.82, 2.24) is 15.1 Å². The van der Waals surface area contributed by atoms with Crippen molar-refractivity contribution in [1.29, 1.82) is 0 Å². The van der Waals surface area contributed by atoms with Gasteiger partial charge in [-0.15, -0.1) is 10.2 Å². The largest absolute Gasteiger partial charge is 0.428 e. The molecule has 1 unspecified atom stereocenters. The van der Waals surface area contributed by atoms with E-state index in [2.05, 4.69) is 10.2 Å². The lowest BCUT2D eigenvalue weighted by Crippen LogP contribution is -2.45. The molecule has 1 aliphatic heterocycles. The number of aromatic nitrogens is 2. The molecule has 7 heteroatoms. The Hall–Kier alpha value is -1.92. The number of nitrogens with two attached hydrogens (primary N) is 1. The van der Waals surface area contributed by atoms with Crippen LogP contribution < -0.4 is 5.73 Å². The summed E-state index contributed by atoms with van der Waals surface area (Å²) in [5, 5.41) is 7.36. The van der Waals surface area contributed by atoms with Gasteiger partial charge in [-0.2, -0.15) is 0 Å². The van der Waals surface area contributed by atoms with Crippen LogP contribution >= 0.6 is 0 Å². The number of hydrogen-bond acceptors (Lipinski definition) is 5. The third-order valence-corrected chi connectivity index (χ3v) is 2.98. The molecule has 0 aliphatic carbocycles.